The van der Waals surface area contributed by atoms with Crippen LogP contribution < -0.4 is 9.80 Å². The van der Waals surface area contributed by atoms with Crippen LogP contribution in [0.5, 0.6) is 0 Å². The Balaban J connectivity index is 1.29. The fourth-order valence-corrected chi connectivity index (χ4v) is 3.57. The van der Waals surface area contributed by atoms with Crippen LogP contribution >= 0.6 is 0 Å². The van der Waals surface area contributed by atoms with Crippen LogP contribution in [0.4, 0.5) is 16.7 Å². The van der Waals surface area contributed by atoms with Gasteiger partial charge in [0.2, 0.25) is 11.9 Å². The molecule has 0 aliphatic carbocycles. The van der Waals surface area contributed by atoms with E-state index >= 15 is 0 Å². The van der Waals surface area contributed by atoms with Gasteiger partial charge in [-0.25, -0.2) is 24.7 Å². The van der Waals surface area contributed by atoms with Crippen LogP contribution in [0.2, 0.25) is 0 Å². The van der Waals surface area contributed by atoms with Gasteiger partial charge in [0.25, 0.3) is 0 Å². The SMILES string of the molecule is Cc1ccnc(N2CCN(C(=O)N3CCN(c4nccc(C)n4)CC3)CC2)n1. The highest BCUT2D eigenvalue weighted by Crippen LogP contribution is 2.15. The maximum absolute atomic E-state index is 12.9. The van der Waals surface area contributed by atoms with E-state index in [2.05, 4.69) is 29.7 Å². The molecule has 2 aromatic heterocycles. The van der Waals surface area contributed by atoms with Gasteiger partial charge < -0.3 is 19.6 Å². The molecule has 0 radical (unpaired) electrons. The van der Waals surface area contributed by atoms with Crippen molar-refractivity contribution in [2.45, 2.75) is 13.8 Å². The molecular formula is C19H26N8O. The van der Waals surface area contributed by atoms with Crippen LogP contribution in [0.1, 0.15) is 11.4 Å². The smallest absolute Gasteiger partial charge is 0.320 e. The van der Waals surface area contributed by atoms with Crippen LogP contribution in [0.25, 0.3) is 0 Å². The molecule has 2 aromatic rings. The van der Waals surface area contributed by atoms with E-state index < -0.39 is 0 Å². The molecule has 0 saturated carbocycles. The number of hydrogen-bond donors (Lipinski definition) is 0. The molecule has 0 aromatic carbocycles. The lowest BCUT2D eigenvalue weighted by Gasteiger charge is -2.40. The predicted molar refractivity (Wildman–Crippen MR) is 107 cm³/mol. The highest BCUT2D eigenvalue weighted by atomic mass is 16.2. The highest BCUT2D eigenvalue weighted by molar-refractivity contribution is 5.75. The van der Waals surface area contributed by atoms with E-state index in [1.165, 1.54) is 0 Å². The van der Waals surface area contributed by atoms with Gasteiger partial charge >= 0.3 is 6.03 Å². The zero-order chi connectivity index (χ0) is 19.5. The molecule has 2 amide bonds. The van der Waals surface area contributed by atoms with E-state index in [0.29, 0.717) is 26.2 Å². The molecular weight excluding hydrogens is 356 g/mol. The number of rotatable bonds is 2. The summed E-state index contributed by atoms with van der Waals surface area (Å²) in [5.74, 6) is 1.50. The molecule has 2 saturated heterocycles. The molecule has 9 heteroatoms. The summed E-state index contributed by atoms with van der Waals surface area (Å²) in [5, 5.41) is 0. The van der Waals surface area contributed by atoms with Crippen molar-refractivity contribution in [1.82, 2.24) is 29.7 Å². The van der Waals surface area contributed by atoms with Gasteiger partial charge in [0.05, 0.1) is 0 Å². The van der Waals surface area contributed by atoms with Gasteiger partial charge in [0, 0.05) is 76.1 Å². The van der Waals surface area contributed by atoms with E-state index in [4.69, 9.17) is 0 Å². The molecule has 2 aliphatic rings. The lowest BCUT2D eigenvalue weighted by molar-refractivity contribution is 0.147. The third-order valence-electron chi connectivity index (χ3n) is 5.23. The second kappa shape index (κ2) is 7.95. The van der Waals surface area contributed by atoms with Gasteiger partial charge in [-0.3, -0.25) is 0 Å². The number of anilines is 2. The Morgan fingerprint density at radius 1 is 0.714 bits per heavy atom. The Hall–Kier alpha value is -2.97. The third kappa shape index (κ3) is 3.97. The van der Waals surface area contributed by atoms with Crippen molar-refractivity contribution in [3.63, 3.8) is 0 Å². The number of nitrogens with zero attached hydrogens (tertiary/aromatic N) is 8. The standard InChI is InChI=1S/C19H26N8O/c1-15-3-5-20-17(22-15)24-7-11-26(12-8-24)19(28)27-13-9-25(10-14-27)18-21-6-4-16(2)23-18/h3-6H,7-14H2,1-2H3. The predicted octanol–water partition coefficient (Wildman–Crippen LogP) is 0.948. The quantitative estimate of drug-likeness (QED) is 0.765. The Morgan fingerprint density at radius 3 is 1.46 bits per heavy atom. The minimum atomic E-state index is 0.120. The van der Waals surface area contributed by atoms with Crippen LogP contribution in [-0.2, 0) is 0 Å². The first-order valence-corrected chi connectivity index (χ1v) is 9.73. The average molecular weight is 382 g/mol. The minimum Gasteiger partial charge on any atom is -0.337 e. The molecule has 0 spiro atoms. The van der Waals surface area contributed by atoms with Crippen LogP contribution in [0, 0.1) is 13.8 Å². The zero-order valence-electron chi connectivity index (χ0n) is 16.5. The number of urea groups is 1. The highest BCUT2D eigenvalue weighted by Gasteiger charge is 2.29. The summed E-state index contributed by atoms with van der Waals surface area (Å²) in [4.78, 5) is 38.7. The van der Waals surface area contributed by atoms with Crippen LogP contribution in [-0.4, -0.2) is 88.1 Å². The van der Waals surface area contributed by atoms with E-state index in [-0.39, 0.29) is 6.03 Å². The number of carbonyl (C=O) groups is 1. The van der Waals surface area contributed by atoms with Crippen molar-refractivity contribution in [2.24, 2.45) is 0 Å². The van der Waals surface area contributed by atoms with E-state index in [0.717, 1.165) is 49.5 Å². The fraction of sp³-hybridized carbons (Fsp3) is 0.526. The minimum absolute atomic E-state index is 0.120. The summed E-state index contributed by atoms with van der Waals surface area (Å²) in [5.41, 5.74) is 1.91. The monoisotopic (exact) mass is 382 g/mol. The van der Waals surface area contributed by atoms with Crippen molar-refractivity contribution < 1.29 is 4.79 Å². The van der Waals surface area contributed by atoms with Crippen LogP contribution in [0.15, 0.2) is 24.5 Å². The summed E-state index contributed by atoms with van der Waals surface area (Å²) in [6.45, 7) is 9.72. The van der Waals surface area contributed by atoms with Gasteiger partial charge in [-0.2, -0.15) is 0 Å². The maximum Gasteiger partial charge on any atom is 0.320 e. The molecule has 2 aliphatic heterocycles. The first-order valence-electron chi connectivity index (χ1n) is 9.73. The molecule has 0 N–H and O–H groups in total. The molecule has 4 heterocycles. The molecule has 0 unspecified atom stereocenters. The first-order chi connectivity index (χ1) is 13.6. The third-order valence-corrected chi connectivity index (χ3v) is 5.23. The average Bonchev–Trinajstić information content (AvgIpc) is 2.73. The topological polar surface area (TPSA) is 81.6 Å². The summed E-state index contributed by atoms with van der Waals surface area (Å²) < 4.78 is 0. The Bertz CT molecular complexity index is 761. The Kier molecular flexibility index (Phi) is 5.23. The number of carbonyl (C=O) groups excluding carboxylic acids is 1. The van der Waals surface area contributed by atoms with Gasteiger partial charge in [-0.1, -0.05) is 0 Å². The summed E-state index contributed by atoms with van der Waals surface area (Å²) in [6, 6.07) is 3.91. The van der Waals surface area contributed by atoms with Gasteiger partial charge in [-0.05, 0) is 26.0 Å². The Labute approximate surface area is 165 Å². The second-order valence-electron chi connectivity index (χ2n) is 7.23. The number of aromatic nitrogens is 4. The maximum atomic E-state index is 12.9. The summed E-state index contributed by atoms with van der Waals surface area (Å²) >= 11 is 0. The summed E-state index contributed by atoms with van der Waals surface area (Å²) in [7, 11) is 0. The fourth-order valence-electron chi connectivity index (χ4n) is 3.57. The van der Waals surface area contributed by atoms with Crippen molar-refractivity contribution in [2.75, 3.05) is 62.2 Å². The van der Waals surface area contributed by atoms with E-state index in [1.807, 2.05) is 35.8 Å². The van der Waals surface area contributed by atoms with Crippen LogP contribution in [0.3, 0.4) is 0 Å². The van der Waals surface area contributed by atoms with Gasteiger partial charge in [0.1, 0.15) is 0 Å². The van der Waals surface area contributed by atoms with Gasteiger partial charge in [-0.15, -0.1) is 0 Å². The number of aryl methyl sites for hydroxylation is 2. The van der Waals surface area contributed by atoms with Crippen molar-refractivity contribution >= 4 is 17.9 Å². The molecule has 0 atom stereocenters. The Morgan fingerprint density at radius 2 is 1.11 bits per heavy atom. The summed E-state index contributed by atoms with van der Waals surface area (Å²) in [6.07, 6.45) is 3.57. The lowest BCUT2D eigenvalue weighted by atomic mass is 10.3. The largest absolute Gasteiger partial charge is 0.337 e. The molecule has 28 heavy (non-hydrogen) atoms. The zero-order valence-corrected chi connectivity index (χ0v) is 16.5. The molecule has 9 nitrogen and oxygen atoms in total. The normalized spacial score (nSPS) is 17.8. The van der Waals surface area contributed by atoms with Crippen molar-refractivity contribution in [3.8, 4) is 0 Å². The van der Waals surface area contributed by atoms with E-state index in [1.54, 1.807) is 12.4 Å². The molecule has 0 bridgehead atoms. The van der Waals surface area contributed by atoms with E-state index in [9.17, 15) is 4.79 Å². The number of amides is 2. The van der Waals surface area contributed by atoms with Crippen molar-refractivity contribution in [1.29, 1.82) is 0 Å². The first kappa shape index (κ1) is 18.4. The molecule has 2 fully saturated rings. The lowest BCUT2D eigenvalue weighted by Crippen LogP contribution is -2.57. The number of hydrogen-bond acceptors (Lipinski definition) is 7. The number of piperazine rings is 2. The van der Waals surface area contributed by atoms with Gasteiger partial charge in [0.15, 0.2) is 0 Å². The second-order valence-corrected chi connectivity index (χ2v) is 7.23. The molecule has 4 rings (SSSR count). The molecule has 148 valence electrons. The van der Waals surface area contributed by atoms with Crippen molar-refractivity contribution in [3.05, 3.63) is 35.9 Å².